The third kappa shape index (κ3) is 7.06. The number of anilines is 3. The van der Waals surface area contributed by atoms with Crippen LogP contribution in [0.3, 0.4) is 0 Å². The molecule has 13 aromatic rings. The Labute approximate surface area is 454 Å². The summed E-state index contributed by atoms with van der Waals surface area (Å²) in [5, 5.41) is -1.26. The topological polar surface area (TPSA) is 3.24 Å². The van der Waals surface area contributed by atoms with Gasteiger partial charge in [-0.3, -0.25) is 0 Å². The monoisotopic (exact) mass is 962 g/mol. The molecule has 14 rings (SSSR count). The number of hydrogen-bond acceptors (Lipinski definition) is 2. The van der Waals surface area contributed by atoms with Crippen LogP contribution in [0, 0.1) is 0 Å². The summed E-state index contributed by atoms with van der Waals surface area (Å²) < 4.78 is 161. The third-order valence-electron chi connectivity index (χ3n) is 13.8. The zero-order valence-electron chi connectivity index (χ0n) is 55.7. The van der Waals surface area contributed by atoms with Gasteiger partial charge in [0.05, 0.1) is 34.4 Å². The van der Waals surface area contributed by atoms with Gasteiger partial charge in [-0.15, -0.1) is 11.3 Å². The maximum Gasteiger partial charge on any atom is 0.0714 e. The molecule has 0 spiro atoms. The Bertz CT molecular complexity index is 5090. The van der Waals surface area contributed by atoms with Crippen LogP contribution in [0.2, 0.25) is 0 Å². The van der Waals surface area contributed by atoms with Gasteiger partial charge in [-0.1, -0.05) is 236 Å². The fourth-order valence-corrected chi connectivity index (χ4v) is 11.7. The molecule has 12 aromatic carbocycles. The van der Waals surface area contributed by atoms with Crippen molar-refractivity contribution in [1.29, 1.82) is 0 Å². The Morgan fingerprint density at radius 2 is 0.932 bits per heavy atom. The van der Waals surface area contributed by atoms with Gasteiger partial charge in [-0.05, 0) is 132 Å². The van der Waals surface area contributed by atoms with Gasteiger partial charge in [-0.2, -0.15) is 0 Å². The summed E-state index contributed by atoms with van der Waals surface area (Å²) in [6.45, 7) is 0. The van der Waals surface area contributed by atoms with E-state index in [0.717, 1.165) is 67.0 Å². The van der Waals surface area contributed by atoms with E-state index < -0.39 is 141 Å². The van der Waals surface area contributed by atoms with E-state index in [2.05, 4.69) is 36.4 Å². The molecule has 1 aromatic heterocycles. The molecular weight excluding hydrogens is 899 g/mol. The molecule has 0 fully saturated rings. The van der Waals surface area contributed by atoms with Gasteiger partial charge in [0.15, 0.2) is 0 Å². The Balaban J connectivity index is 1.12. The van der Waals surface area contributed by atoms with Crippen LogP contribution in [0.25, 0.3) is 86.6 Å². The maximum atomic E-state index is 10.5. The molecule has 0 N–H and O–H groups in total. The van der Waals surface area contributed by atoms with Crippen molar-refractivity contribution in [2.24, 2.45) is 0 Å². The smallest absolute Gasteiger partial charge is 0.0714 e. The molecule has 0 atom stereocenters. The van der Waals surface area contributed by atoms with Crippen LogP contribution < -0.4 is 4.90 Å². The summed E-state index contributed by atoms with van der Waals surface area (Å²) in [7, 11) is 0. The van der Waals surface area contributed by atoms with Crippen LogP contribution in [-0.4, -0.2) is 0 Å². The zero-order chi connectivity index (χ0) is 63.1. The lowest BCUT2D eigenvalue weighted by Gasteiger charge is -2.34. The van der Waals surface area contributed by atoms with Crippen molar-refractivity contribution >= 4 is 59.3 Å². The van der Waals surface area contributed by atoms with Gasteiger partial charge in [0.1, 0.15) is 0 Å². The van der Waals surface area contributed by atoms with Crippen molar-refractivity contribution in [3.63, 3.8) is 0 Å². The standard InChI is InChI=1S/C71H47NS/c1-5-20-48(21-6-1)53-44-54(49-22-7-2-8-23-49)46-58(45-53)72(66-34-19-33-65-70(66)63-31-15-17-32-64(63)71(65,55-25-9-3-10-26-55)56-27-11-4-12-28-56)57-40-36-51(37-41-57)60-42-38-50-24-13-14-29-59(50)69(60)52-39-43-62-61-30-16-18-35-67(61)73-68(62)47-52/h1-47H/i13D,14D,16D,18D,24D,29D,30D,35D,36D,37D,38D,39D,40D,41D,42D,43D,47D. The first-order chi connectivity index (χ1) is 43.3. The van der Waals surface area contributed by atoms with Gasteiger partial charge in [-0.25, -0.2) is 0 Å². The lowest BCUT2D eigenvalue weighted by atomic mass is 9.68. The predicted octanol–water partition coefficient (Wildman–Crippen LogP) is 19.7. The van der Waals surface area contributed by atoms with Crippen molar-refractivity contribution in [1.82, 2.24) is 0 Å². The molecule has 2 heteroatoms. The first kappa shape index (κ1) is 28.7. The van der Waals surface area contributed by atoms with Crippen molar-refractivity contribution in [2.75, 3.05) is 4.90 Å². The molecule has 0 radical (unpaired) electrons. The highest BCUT2D eigenvalue weighted by Crippen LogP contribution is 2.60. The summed E-state index contributed by atoms with van der Waals surface area (Å²) in [4.78, 5) is 1.73. The zero-order valence-corrected chi connectivity index (χ0v) is 39.5. The highest BCUT2D eigenvalue weighted by molar-refractivity contribution is 7.25. The molecule has 0 bridgehead atoms. The summed E-state index contributed by atoms with van der Waals surface area (Å²) in [6.07, 6.45) is 0. The number of fused-ring (bicyclic) bond motifs is 7. The second-order valence-electron chi connectivity index (χ2n) is 17.8. The van der Waals surface area contributed by atoms with Gasteiger partial charge in [0.2, 0.25) is 0 Å². The predicted molar refractivity (Wildman–Crippen MR) is 311 cm³/mol. The lowest BCUT2D eigenvalue weighted by Crippen LogP contribution is -2.28. The maximum absolute atomic E-state index is 10.5. The SMILES string of the molecule is [2H]c1c([2H])c(N(c2cc(-c3ccccc3)cc(-c3ccccc3)c2)c2cccc3c2-c2ccccc2C3(c2ccccc2)c2ccccc2)c([2H])c([2H])c1-c1c([2H])c([2H])c2c([2H])c([2H])c([2H])c([2H])c2c1-c1c([2H])c([2H])c2c(sc3c([2H])c([2H])c([2H])c([2H])c32)c1[2H]. The normalized spacial score (nSPS) is 15.8. The van der Waals surface area contributed by atoms with E-state index in [-0.39, 0.29) is 25.9 Å². The van der Waals surface area contributed by atoms with E-state index >= 15 is 0 Å². The lowest BCUT2D eigenvalue weighted by molar-refractivity contribution is 0.768. The molecule has 342 valence electrons. The van der Waals surface area contributed by atoms with Gasteiger partial charge >= 0.3 is 0 Å². The Morgan fingerprint density at radius 3 is 1.63 bits per heavy atom. The van der Waals surface area contributed by atoms with Crippen LogP contribution >= 0.6 is 11.3 Å². The molecular formula is C71H47NS. The average molecular weight is 963 g/mol. The first-order valence-corrected chi connectivity index (χ1v) is 24.6. The van der Waals surface area contributed by atoms with Crippen LogP contribution in [0.1, 0.15) is 45.6 Å². The number of hydrogen-bond donors (Lipinski definition) is 0. The quantitative estimate of drug-likeness (QED) is 0.139. The third-order valence-corrected chi connectivity index (χ3v) is 14.8. The molecule has 0 aliphatic heterocycles. The summed E-state index contributed by atoms with van der Waals surface area (Å²) >= 11 is 0.747. The number of benzene rings is 12. The summed E-state index contributed by atoms with van der Waals surface area (Å²) in [5.74, 6) is 0. The molecule has 1 heterocycles. The molecule has 1 nitrogen and oxygen atoms in total. The average Bonchev–Trinajstić information content (AvgIpc) is 1.38. The van der Waals surface area contributed by atoms with Crippen LogP contribution in [0.5, 0.6) is 0 Å². The van der Waals surface area contributed by atoms with Crippen LogP contribution in [-0.2, 0) is 5.41 Å². The highest BCUT2D eigenvalue weighted by Gasteiger charge is 2.47. The van der Waals surface area contributed by atoms with Gasteiger partial charge in [0.25, 0.3) is 0 Å². The largest absolute Gasteiger partial charge is 0.310 e. The van der Waals surface area contributed by atoms with Gasteiger partial charge < -0.3 is 4.90 Å². The molecule has 73 heavy (non-hydrogen) atoms. The second kappa shape index (κ2) is 17.6. The molecule has 0 amide bonds. The van der Waals surface area contributed by atoms with E-state index in [9.17, 15) is 13.7 Å². The number of thiophene rings is 1. The fourth-order valence-electron chi connectivity index (χ4n) is 10.7. The first-order valence-electron chi connectivity index (χ1n) is 32.3. The minimum atomic E-state index is -0.927. The van der Waals surface area contributed by atoms with E-state index in [4.69, 9.17) is 9.60 Å². The minimum absolute atomic E-state index is 0.0208. The van der Waals surface area contributed by atoms with Crippen molar-refractivity contribution in [3.8, 4) is 55.6 Å². The van der Waals surface area contributed by atoms with E-state index in [1.165, 1.54) is 0 Å². The summed E-state index contributed by atoms with van der Waals surface area (Å²) in [6, 6.07) is 48.0. The molecule has 0 saturated carbocycles. The van der Waals surface area contributed by atoms with Gasteiger partial charge in [0, 0.05) is 37.1 Å². The fraction of sp³-hybridized carbons (Fsp3) is 0.0141. The number of rotatable bonds is 9. The van der Waals surface area contributed by atoms with Crippen molar-refractivity contribution in [2.45, 2.75) is 5.41 Å². The molecule has 1 aliphatic rings. The Hall–Kier alpha value is -9.08. The molecule has 1 aliphatic carbocycles. The molecule has 0 unspecified atom stereocenters. The minimum Gasteiger partial charge on any atom is -0.310 e. The Morgan fingerprint density at radius 1 is 0.356 bits per heavy atom. The second-order valence-corrected chi connectivity index (χ2v) is 18.8. The van der Waals surface area contributed by atoms with Crippen molar-refractivity contribution in [3.05, 3.63) is 307 Å². The number of nitrogens with zero attached hydrogens (tertiary/aromatic N) is 1. The summed E-state index contributed by atoms with van der Waals surface area (Å²) in [5.41, 5.74) is 6.04. The Kier molecular flexibility index (Phi) is 6.94. The highest BCUT2D eigenvalue weighted by atomic mass is 32.1. The van der Waals surface area contributed by atoms with Crippen molar-refractivity contribution < 1.29 is 23.3 Å². The van der Waals surface area contributed by atoms with E-state index in [0.29, 0.717) is 11.4 Å². The van der Waals surface area contributed by atoms with Crippen LogP contribution in [0.15, 0.2) is 285 Å². The molecule has 0 saturated heterocycles. The van der Waals surface area contributed by atoms with Crippen LogP contribution in [0.4, 0.5) is 17.1 Å². The van der Waals surface area contributed by atoms with E-state index in [1.807, 2.05) is 146 Å². The van der Waals surface area contributed by atoms with E-state index in [1.54, 1.807) is 4.90 Å².